The molecule has 73 heavy (non-hydrogen) atoms. The van der Waals surface area contributed by atoms with Crippen LogP contribution in [0.5, 0.6) is 0 Å². The Hall–Kier alpha value is -5.08. The van der Waals surface area contributed by atoms with E-state index in [2.05, 4.69) is 0 Å². The molecule has 2 heterocycles. The van der Waals surface area contributed by atoms with Crippen LogP contribution in [0.2, 0.25) is 0 Å². The summed E-state index contributed by atoms with van der Waals surface area (Å²) in [7, 11) is -16.3. The molecule has 4 N–H and O–H groups in total. The minimum Gasteiger partial charge on any atom is -0.481 e. The summed E-state index contributed by atoms with van der Waals surface area (Å²) in [5.41, 5.74) is -1.91. The monoisotopic (exact) mass is 1100 g/mol. The first-order chi connectivity index (χ1) is 33.6. The van der Waals surface area contributed by atoms with Gasteiger partial charge >= 0.3 is 12.1 Å². The van der Waals surface area contributed by atoms with Gasteiger partial charge in [-0.25, -0.2) is 17.3 Å². The third-order valence-electron chi connectivity index (χ3n) is 14.0. The number of fused-ring (bicyclic) bond motifs is 2. The molecule has 24 heteroatoms. The van der Waals surface area contributed by atoms with E-state index in [0.29, 0.717) is 22.7 Å². The number of carboxylic acid groups (broad SMARTS) is 1. The van der Waals surface area contributed by atoms with Crippen molar-refractivity contribution in [1.82, 2.24) is 4.31 Å². The first-order valence-corrected chi connectivity index (χ1v) is 29.2. The van der Waals surface area contributed by atoms with E-state index in [9.17, 15) is 70.1 Å². The number of aliphatic carboxylic acids is 1. The van der Waals surface area contributed by atoms with Gasteiger partial charge in [0.05, 0.1) is 38.1 Å². The molecule has 3 atom stereocenters. The zero-order valence-corrected chi connectivity index (χ0v) is 43.9. The number of hydrogen-bond acceptors (Lipinski definition) is 11. The van der Waals surface area contributed by atoms with Gasteiger partial charge in [0.2, 0.25) is 15.8 Å². The number of halogens is 3. The third kappa shape index (κ3) is 12.7. The molecule has 0 spiro atoms. The molecule has 0 amide bonds. The maximum Gasteiger partial charge on any atom is 0.450 e. The van der Waals surface area contributed by atoms with E-state index >= 15 is 0 Å². The van der Waals surface area contributed by atoms with Crippen LogP contribution in [-0.4, -0.2) is 129 Å². The van der Waals surface area contributed by atoms with Crippen molar-refractivity contribution in [1.29, 1.82) is 0 Å². The fraction of sp³-hybridized carbons (Fsp3) is 0.449. The van der Waals surface area contributed by atoms with Gasteiger partial charge in [0.1, 0.15) is 6.54 Å². The lowest BCUT2D eigenvalue weighted by molar-refractivity contribution is -0.550. The highest BCUT2D eigenvalue weighted by Crippen LogP contribution is 2.51. The van der Waals surface area contributed by atoms with Crippen LogP contribution in [0.1, 0.15) is 77.3 Å². The number of carbonyl (C=O) groups excluding carboxylic acids is 1. The molecule has 2 aliphatic carbocycles. The molecular formula is C49H59F3N3O14S4+. The Kier molecular flexibility index (Phi) is 16.4. The van der Waals surface area contributed by atoms with Crippen molar-refractivity contribution in [2.75, 3.05) is 43.1 Å². The summed E-state index contributed by atoms with van der Waals surface area (Å²) >= 11 is 0. The van der Waals surface area contributed by atoms with Crippen LogP contribution in [0, 0.1) is 11.3 Å². The lowest BCUT2D eigenvalue weighted by Crippen LogP contribution is -2.46. The van der Waals surface area contributed by atoms with E-state index in [1.165, 1.54) is 55.6 Å². The lowest BCUT2D eigenvalue weighted by atomic mass is 9.65. The van der Waals surface area contributed by atoms with E-state index in [4.69, 9.17) is 5.11 Å². The molecule has 0 saturated heterocycles. The molecule has 0 aromatic heterocycles. The van der Waals surface area contributed by atoms with E-state index < -0.39 is 116 Å². The van der Waals surface area contributed by atoms with E-state index in [1.54, 1.807) is 61.3 Å². The molecule has 4 aliphatic rings. The van der Waals surface area contributed by atoms with Crippen molar-refractivity contribution < 1.29 is 79.8 Å². The highest BCUT2D eigenvalue weighted by atomic mass is 32.2. The molecular weight excluding hydrogens is 1040 g/mol. The predicted octanol–water partition coefficient (Wildman–Crippen LogP) is 6.80. The fourth-order valence-corrected chi connectivity index (χ4v) is 13.2. The Labute approximate surface area is 424 Å². The van der Waals surface area contributed by atoms with Gasteiger partial charge in [-0.05, 0) is 98.2 Å². The largest absolute Gasteiger partial charge is 0.481 e. The molecule has 2 aromatic rings. The summed E-state index contributed by atoms with van der Waals surface area (Å²) in [5.74, 6) is -4.95. The van der Waals surface area contributed by atoms with Crippen molar-refractivity contribution in [2.24, 2.45) is 11.3 Å². The average Bonchev–Trinajstić information content (AvgIpc) is 3.62. The van der Waals surface area contributed by atoms with Crippen LogP contribution in [0.3, 0.4) is 0 Å². The zero-order chi connectivity index (χ0) is 54.3. The highest BCUT2D eigenvalue weighted by molar-refractivity contribution is 7.93. The van der Waals surface area contributed by atoms with Gasteiger partial charge in [0.25, 0.3) is 30.4 Å². The van der Waals surface area contributed by atoms with E-state index in [-0.39, 0.29) is 66.9 Å². The molecule has 17 nitrogen and oxygen atoms in total. The second-order valence-electron chi connectivity index (χ2n) is 19.8. The Morgan fingerprint density at radius 1 is 0.863 bits per heavy atom. The molecule has 398 valence electrons. The molecule has 0 saturated carbocycles. The molecule has 0 fully saturated rings. The highest BCUT2D eigenvalue weighted by Gasteiger charge is 2.56. The Balaban J connectivity index is 1.51. The van der Waals surface area contributed by atoms with Gasteiger partial charge in [-0.15, -0.1) is 0 Å². The Morgan fingerprint density at radius 3 is 2.11 bits per heavy atom. The molecule has 6 rings (SSSR count). The van der Waals surface area contributed by atoms with Crippen LogP contribution in [0.25, 0.3) is 0 Å². The average molecular weight is 1100 g/mol. The van der Waals surface area contributed by atoms with E-state index in [0.717, 1.165) is 10.4 Å². The second-order valence-corrected chi connectivity index (χ2v) is 26.4. The number of rotatable bonds is 20. The van der Waals surface area contributed by atoms with Crippen LogP contribution in [-0.2, 0) is 60.8 Å². The third-order valence-corrected chi connectivity index (χ3v) is 18.3. The van der Waals surface area contributed by atoms with Crippen molar-refractivity contribution in [3.8, 4) is 0 Å². The SMILES string of the molecule is CN(CCCC(=O)O)S(=O)(=O)C1=CC2C(C=C1)[N+](CCCS(=O)(=O)O)=C(/C=C/C1=CC(=C\C=C3N(CCCS(=O)(=O)O)c4ccc(S(=O)(=O)O)cc4C3(C)C)/CC(C(=O)C(F)(F)F)(c3ccccc3)C1)C2(C)C. The summed E-state index contributed by atoms with van der Waals surface area (Å²) in [4.78, 5) is 26.3. The summed E-state index contributed by atoms with van der Waals surface area (Å²) in [5, 5.41) is 9.09. The summed E-state index contributed by atoms with van der Waals surface area (Å²) in [6, 6.07) is 10.7. The smallest absolute Gasteiger partial charge is 0.450 e. The standard InChI is InChI=1S/C49H58F3N3O14S4/c1-46(2)38-29-36(72(65,66)53(5)23-9-14-44(56)57)17-19-40(38)54(24-10-26-70(59,60)61)42(46)21-15-33-28-34(32-48(31-33,45(58)49(50,51)52)35-12-7-6-8-13-35)16-22-43-47(3,4)39-30-37(73(67,68)69)18-20-41(39)55(43)25-11-27-71(62,63)64/h6-8,12-13,15-22,28-30,38,40H,9-11,14,23-27,31-32H2,1-5H3,(H3-,56,57,59,60,61,62,63,64,67,68,69)/p+1. The van der Waals surface area contributed by atoms with Crippen molar-refractivity contribution in [3.63, 3.8) is 0 Å². The number of alkyl halides is 3. The number of Topliss-reactive ketones (excluding diaryl/α,β-unsaturated/α-hetero) is 1. The number of benzene rings is 2. The van der Waals surface area contributed by atoms with Crippen molar-refractivity contribution in [3.05, 3.63) is 130 Å². The number of nitrogens with zero attached hydrogens (tertiary/aromatic N) is 3. The fourth-order valence-electron chi connectivity index (χ4n) is 10.4. The number of carbonyl (C=O) groups is 2. The Morgan fingerprint density at radius 2 is 1.51 bits per heavy atom. The van der Waals surface area contributed by atoms with E-state index in [1.807, 2.05) is 18.4 Å². The molecule has 3 unspecified atom stereocenters. The molecule has 2 aromatic carbocycles. The summed E-state index contributed by atoms with van der Waals surface area (Å²) < 4.78 is 176. The lowest BCUT2D eigenvalue weighted by Gasteiger charge is -2.37. The normalized spacial score (nSPS) is 23.3. The van der Waals surface area contributed by atoms with Crippen molar-refractivity contribution >= 4 is 63.5 Å². The maximum atomic E-state index is 15.0. The quantitative estimate of drug-likeness (QED) is 0.0785. The Bertz CT molecular complexity index is 3230. The molecule has 0 bridgehead atoms. The van der Waals surface area contributed by atoms with Crippen LogP contribution in [0.15, 0.2) is 124 Å². The molecule has 2 aliphatic heterocycles. The number of allylic oxidation sites excluding steroid dienone is 9. The maximum absolute atomic E-state index is 15.0. The van der Waals surface area contributed by atoms with Crippen molar-refractivity contribution in [2.45, 2.75) is 94.2 Å². The molecule has 0 radical (unpaired) electrons. The number of carboxylic acids is 1. The topological polar surface area (TPSA) is 261 Å². The van der Waals surface area contributed by atoms with Crippen LogP contribution < -0.4 is 4.90 Å². The first-order valence-electron chi connectivity index (χ1n) is 23.1. The minimum atomic E-state index is -5.32. The number of hydrogen-bond donors (Lipinski definition) is 4. The summed E-state index contributed by atoms with van der Waals surface area (Å²) in [6.07, 6.45) is 5.94. The number of ketones is 1. The van der Waals surface area contributed by atoms with Gasteiger partial charge in [-0.3, -0.25) is 23.2 Å². The first kappa shape index (κ1) is 57.2. The van der Waals surface area contributed by atoms with Crippen LogP contribution in [0.4, 0.5) is 18.9 Å². The van der Waals surface area contributed by atoms with Gasteiger partial charge in [-0.1, -0.05) is 68.5 Å². The zero-order valence-electron chi connectivity index (χ0n) is 40.7. The second kappa shape index (κ2) is 20.9. The van der Waals surface area contributed by atoms with Gasteiger partial charge < -0.3 is 10.0 Å². The summed E-state index contributed by atoms with van der Waals surface area (Å²) in [6.45, 7) is 7.01. The number of anilines is 1. The van der Waals surface area contributed by atoms with Gasteiger partial charge in [0.15, 0.2) is 11.8 Å². The van der Waals surface area contributed by atoms with Gasteiger partial charge in [-0.2, -0.15) is 38.4 Å². The minimum absolute atomic E-state index is 0.0286. The number of sulfonamides is 1. The predicted molar refractivity (Wildman–Crippen MR) is 267 cm³/mol. The van der Waals surface area contributed by atoms with Crippen LogP contribution >= 0.6 is 0 Å². The van der Waals surface area contributed by atoms with Gasteiger partial charge in [0, 0.05) is 55.9 Å².